The molecule has 0 aromatic carbocycles. The van der Waals surface area contributed by atoms with Crippen molar-refractivity contribution in [3.63, 3.8) is 0 Å². The standard InChI is InChI=1S/C70H124O6/c1-4-7-10-13-16-19-22-25-28-30-32-33-34-35-36-37-39-40-42-45-48-51-54-57-60-63-69(72)75-66-67(65-74-68(71)62-59-56-53-50-47-44-27-24-21-18-15-12-9-6-3)76-70(73)64-61-58-55-52-49-46-43-41-38-31-29-26-23-20-17-14-11-8-5-2/h8,11,15,17-18,20,24,26-27,29,38,41,67H,4-7,9-10,12-14,16,19,21-23,25,28,30-37,39-40,42-66H2,1-3H3/b11-8-,18-15-,20-17-,27-24-,29-26-,41-38-. The van der Waals surface area contributed by atoms with Gasteiger partial charge in [-0.05, 0) is 83.5 Å². The van der Waals surface area contributed by atoms with Gasteiger partial charge in [0, 0.05) is 19.3 Å². The molecule has 0 radical (unpaired) electrons. The van der Waals surface area contributed by atoms with Gasteiger partial charge in [0.15, 0.2) is 6.10 Å². The van der Waals surface area contributed by atoms with E-state index in [-0.39, 0.29) is 31.1 Å². The Hall–Kier alpha value is -3.15. The maximum Gasteiger partial charge on any atom is 0.306 e. The largest absolute Gasteiger partial charge is 0.462 e. The molecule has 0 N–H and O–H groups in total. The maximum atomic E-state index is 12.9. The number of carbonyl (C=O) groups is 3. The number of hydrogen-bond donors (Lipinski definition) is 0. The van der Waals surface area contributed by atoms with Crippen molar-refractivity contribution in [3.8, 4) is 0 Å². The number of rotatable bonds is 60. The van der Waals surface area contributed by atoms with Crippen LogP contribution in [0.15, 0.2) is 72.9 Å². The van der Waals surface area contributed by atoms with Gasteiger partial charge in [-0.3, -0.25) is 14.4 Å². The minimum atomic E-state index is -0.789. The number of unbranched alkanes of at least 4 members (excludes halogenated alkanes) is 37. The van der Waals surface area contributed by atoms with Crippen LogP contribution in [0.2, 0.25) is 0 Å². The molecule has 0 saturated heterocycles. The van der Waals surface area contributed by atoms with Crippen LogP contribution in [0.3, 0.4) is 0 Å². The van der Waals surface area contributed by atoms with Crippen molar-refractivity contribution in [1.82, 2.24) is 0 Å². The van der Waals surface area contributed by atoms with E-state index in [0.717, 1.165) is 116 Å². The van der Waals surface area contributed by atoms with Crippen LogP contribution in [-0.4, -0.2) is 37.2 Å². The van der Waals surface area contributed by atoms with Crippen LogP contribution in [-0.2, 0) is 28.6 Å². The van der Waals surface area contributed by atoms with Gasteiger partial charge in [-0.25, -0.2) is 0 Å². The van der Waals surface area contributed by atoms with Crippen molar-refractivity contribution in [3.05, 3.63) is 72.9 Å². The molecule has 1 unspecified atom stereocenters. The normalized spacial score (nSPS) is 12.5. The molecule has 0 aliphatic heterocycles. The average molecular weight is 1060 g/mol. The first-order chi connectivity index (χ1) is 37.5. The SMILES string of the molecule is CC/C=C\C/C=C\C/C=C\C/C=C\CCCCCCCCC(=O)OC(COC(=O)CCCCCCC/C=C\C/C=C\CCCC)COC(=O)CCCCCCCCCCCCCCCCCCCCCCCCCCC. The zero-order valence-corrected chi connectivity index (χ0v) is 50.5. The summed E-state index contributed by atoms with van der Waals surface area (Å²) >= 11 is 0. The smallest absolute Gasteiger partial charge is 0.306 e. The molecule has 0 bridgehead atoms. The highest BCUT2D eigenvalue weighted by molar-refractivity contribution is 5.71. The Morgan fingerprint density at radius 1 is 0.276 bits per heavy atom. The van der Waals surface area contributed by atoms with Crippen molar-refractivity contribution in [2.24, 2.45) is 0 Å². The first kappa shape index (κ1) is 72.8. The molecule has 6 nitrogen and oxygen atoms in total. The third-order valence-electron chi connectivity index (χ3n) is 14.4. The van der Waals surface area contributed by atoms with Gasteiger partial charge >= 0.3 is 17.9 Å². The molecule has 0 aliphatic carbocycles. The van der Waals surface area contributed by atoms with Gasteiger partial charge in [0.05, 0.1) is 0 Å². The number of ether oxygens (including phenoxy) is 3. The van der Waals surface area contributed by atoms with Crippen LogP contribution in [0.5, 0.6) is 0 Å². The van der Waals surface area contributed by atoms with E-state index in [0.29, 0.717) is 19.3 Å². The van der Waals surface area contributed by atoms with E-state index >= 15 is 0 Å². The second-order valence-corrected chi connectivity index (χ2v) is 22.0. The molecular weight excluding hydrogens is 937 g/mol. The molecule has 1 atom stereocenters. The lowest BCUT2D eigenvalue weighted by molar-refractivity contribution is -0.167. The summed E-state index contributed by atoms with van der Waals surface area (Å²) in [5.41, 5.74) is 0. The van der Waals surface area contributed by atoms with Gasteiger partial charge in [-0.1, -0.05) is 306 Å². The Morgan fingerprint density at radius 3 is 0.842 bits per heavy atom. The van der Waals surface area contributed by atoms with Gasteiger partial charge in [-0.2, -0.15) is 0 Å². The van der Waals surface area contributed by atoms with Crippen molar-refractivity contribution in [2.75, 3.05) is 13.2 Å². The van der Waals surface area contributed by atoms with Gasteiger partial charge in [0.25, 0.3) is 0 Å². The molecule has 440 valence electrons. The van der Waals surface area contributed by atoms with E-state index in [1.54, 1.807) is 0 Å². The van der Waals surface area contributed by atoms with Gasteiger partial charge in [-0.15, -0.1) is 0 Å². The summed E-state index contributed by atoms with van der Waals surface area (Å²) in [7, 11) is 0. The summed E-state index contributed by atoms with van der Waals surface area (Å²) in [6.45, 7) is 6.51. The third-order valence-corrected chi connectivity index (χ3v) is 14.4. The minimum Gasteiger partial charge on any atom is -0.462 e. The molecule has 0 heterocycles. The summed E-state index contributed by atoms with van der Waals surface area (Å²) < 4.78 is 16.9. The lowest BCUT2D eigenvalue weighted by atomic mass is 10.0. The highest BCUT2D eigenvalue weighted by atomic mass is 16.6. The highest BCUT2D eigenvalue weighted by Crippen LogP contribution is 2.17. The molecule has 0 aliphatic rings. The first-order valence-electron chi connectivity index (χ1n) is 32.9. The fraction of sp³-hybridized carbons (Fsp3) is 0.786. The third kappa shape index (κ3) is 61.7. The van der Waals surface area contributed by atoms with Crippen LogP contribution in [0, 0.1) is 0 Å². The van der Waals surface area contributed by atoms with E-state index in [4.69, 9.17) is 14.2 Å². The van der Waals surface area contributed by atoms with Crippen molar-refractivity contribution < 1.29 is 28.6 Å². The molecule has 0 rings (SSSR count). The molecule has 6 heteroatoms. The minimum absolute atomic E-state index is 0.0832. The van der Waals surface area contributed by atoms with Gasteiger partial charge in [0.1, 0.15) is 13.2 Å². The average Bonchev–Trinajstić information content (AvgIpc) is 3.42. The quantitative estimate of drug-likeness (QED) is 0.0261. The Kier molecular flexibility index (Phi) is 61.7. The summed E-state index contributed by atoms with van der Waals surface area (Å²) in [6, 6.07) is 0. The Morgan fingerprint density at radius 2 is 0.526 bits per heavy atom. The molecule has 0 saturated carbocycles. The fourth-order valence-corrected chi connectivity index (χ4v) is 9.51. The number of hydrogen-bond acceptors (Lipinski definition) is 6. The van der Waals surface area contributed by atoms with Gasteiger partial charge in [0.2, 0.25) is 0 Å². The summed E-state index contributed by atoms with van der Waals surface area (Å²) in [5.74, 6) is -0.896. The Labute approximate surface area is 472 Å². The second-order valence-electron chi connectivity index (χ2n) is 22.0. The van der Waals surface area contributed by atoms with E-state index in [1.807, 2.05) is 0 Å². The van der Waals surface area contributed by atoms with Crippen molar-refractivity contribution in [1.29, 1.82) is 0 Å². The zero-order valence-electron chi connectivity index (χ0n) is 50.5. The second kappa shape index (κ2) is 64.4. The van der Waals surface area contributed by atoms with Crippen LogP contribution in [0.4, 0.5) is 0 Å². The fourth-order valence-electron chi connectivity index (χ4n) is 9.51. The van der Waals surface area contributed by atoms with Crippen LogP contribution in [0.1, 0.15) is 335 Å². The summed E-state index contributed by atoms with van der Waals surface area (Å²) in [4.78, 5) is 38.3. The van der Waals surface area contributed by atoms with E-state index in [2.05, 4.69) is 93.7 Å². The predicted molar refractivity (Wildman–Crippen MR) is 330 cm³/mol. The Bertz CT molecular complexity index is 1400. The molecule has 0 amide bonds. The van der Waals surface area contributed by atoms with Crippen LogP contribution >= 0.6 is 0 Å². The highest BCUT2D eigenvalue weighted by Gasteiger charge is 2.19. The predicted octanol–water partition coefficient (Wildman–Crippen LogP) is 22.5. The molecule has 0 aromatic rings. The number of esters is 3. The number of carbonyl (C=O) groups excluding carboxylic acids is 3. The molecule has 0 fully saturated rings. The summed E-state index contributed by atoms with van der Waals surface area (Å²) in [6.07, 6.45) is 83.5. The van der Waals surface area contributed by atoms with E-state index in [1.165, 1.54) is 180 Å². The Balaban J connectivity index is 4.30. The van der Waals surface area contributed by atoms with Crippen LogP contribution in [0.25, 0.3) is 0 Å². The molecule has 0 spiro atoms. The van der Waals surface area contributed by atoms with E-state index in [9.17, 15) is 14.4 Å². The molecule has 0 aromatic heterocycles. The van der Waals surface area contributed by atoms with Crippen molar-refractivity contribution in [2.45, 2.75) is 341 Å². The first-order valence-corrected chi connectivity index (χ1v) is 32.9. The monoisotopic (exact) mass is 1060 g/mol. The number of allylic oxidation sites excluding steroid dienone is 12. The topological polar surface area (TPSA) is 78.9 Å². The summed E-state index contributed by atoms with van der Waals surface area (Å²) in [5, 5.41) is 0. The lowest BCUT2D eigenvalue weighted by Gasteiger charge is -2.18. The maximum absolute atomic E-state index is 12.9. The van der Waals surface area contributed by atoms with Crippen LogP contribution < -0.4 is 0 Å². The lowest BCUT2D eigenvalue weighted by Crippen LogP contribution is -2.30. The van der Waals surface area contributed by atoms with Gasteiger partial charge < -0.3 is 14.2 Å². The zero-order chi connectivity index (χ0) is 55.0. The molecule has 76 heavy (non-hydrogen) atoms. The molecular formula is C70H124O6. The van der Waals surface area contributed by atoms with E-state index < -0.39 is 6.10 Å². The van der Waals surface area contributed by atoms with Crippen molar-refractivity contribution >= 4 is 17.9 Å².